The molecule has 2 aromatic rings. The predicted octanol–water partition coefficient (Wildman–Crippen LogP) is 2.14. The van der Waals surface area contributed by atoms with Crippen molar-refractivity contribution in [2.75, 3.05) is 12.1 Å². The number of hydrogen-bond acceptors (Lipinski definition) is 5. The second kappa shape index (κ2) is 6.82. The lowest BCUT2D eigenvalue weighted by Crippen LogP contribution is -2.18. The molecule has 0 unspecified atom stereocenters. The van der Waals surface area contributed by atoms with Crippen LogP contribution in [0.1, 0.15) is 22.8 Å². The van der Waals surface area contributed by atoms with Crippen molar-refractivity contribution in [1.29, 1.82) is 0 Å². The maximum atomic E-state index is 12.1. The van der Waals surface area contributed by atoms with Crippen LogP contribution < -0.4 is 20.2 Å². The molecule has 0 saturated heterocycles. The number of nitrogens with one attached hydrogen (secondary N) is 2. The first-order chi connectivity index (χ1) is 11.6. The molecule has 1 aliphatic rings. The molecule has 3 rings (SSSR count). The van der Waals surface area contributed by atoms with Crippen LogP contribution in [0.15, 0.2) is 47.6 Å². The van der Waals surface area contributed by atoms with E-state index < -0.39 is 0 Å². The molecule has 7 nitrogen and oxygen atoms in total. The first kappa shape index (κ1) is 15.5. The number of amides is 2. The molecule has 0 saturated carbocycles. The maximum Gasteiger partial charge on any atom is 0.271 e. The number of benzene rings is 2. The summed E-state index contributed by atoms with van der Waals surface area (Å²) in [6.45, 7) is 1.61. The van der Waals surface area contributed by atoms with Crippen molar-refractivity contribution in [3.63, 3.8) is 0 Å². The molecule has 7 heteroatoms. The van der Waals surface area contributed by atoms with Crippen LogP contribution in [0.25, 0.3) is 0 Å². The van der Waals surface area contributed by atoms with Crippen LogP contribution in [0.3, 0.4) is 0 Å². The fourth-order valence-corrected chi connectivity index (χ4v) is 2.16. The van der Waals surface area contributed by atoms with Gasteiger partial charge in [-0.15, -0.1) is 0 Å². The zero-order valence-electron chi connectivity index (χ0n) is 12.9. The zero-order valence-corrected chi connectivity index (χ0v) is 12.9. The van der Waals surface area contributed by atoms with E-state index in [9.17, 15) is 9.59 Å². The first-order valence-corrected chi connectivity index (χ1v) is 7.22. The summed E-state index contributed by atoms with van der Waals surface area (Å²) in [7, 11) is 0. The van der Waals surface area contributed by atoms with Gasteiger partial charge in [0.05, 0.1) is 6.21 Å². The van der Waals surface area contributed by atoms with Gasteiger partial charge in [-0.05, 0) is 42.0 Å². The number of anilines is 1. The molecular weight excluding hydrogens is 310 g/mol. The Morgan fingerprint density at radius 3 is 2.79 bits per heavy atom. The van der Waals surface area contributed by atoms with Gasteiger partial charge in [0.2, 0.25) is 12.7 Å². The lowest BCUT2D eigenvalue weighted by atomic mass is 10.2. The molecule has 0 radical (unpaired) electrons. The molecule has 2 N–H and O–H groups in total. The van der Waals surface area contributed by atoms with Crippen LogP contribution in [-0.4, -0.2) is 24.8 Å². The summed E-state index contributed by atoms with van der Waals surface area (Å²) in [4.78, 5) is 23.1. The molecule has 0 aromatic heterocycles. The molecule has 0 atom stereocenters. The Morgan fingerprint density at radius 2 is 1.96 bits per heavy atom. The normalized spacial score (nSPS) is 12.2. The molecule has 0 bridgehead atoms. The van der Waals surface area contributed by atoms with Crippen molar-refractivity contribution in [3.05, 3.63) is 53.6 Å². The fourth-order valence-electron chi connectivity index (χ4n) is 2.16. The lowest BCUT2D eigenvalue weighted by molar-refractivity contribution is -0.114. The number of ether oxygens (including phenoxy) is 2. The molecule has 24 heavy (non-hydrogen) atoms. The second-order valence-electron chi connectivity index (χ2n) is 5.07. The van der Waals surface area contributed by atoms with Crippen LogP contribution in [0.5, 0.6) is 11.5 Å². The van der Waals surface area contributed by atoms with Crippen molar-refractivity contribution >= 4 is 23.7 Å². The molecule has 0 aliphatic carbocycles. The highest BCUT2D eigenvalue weighted by Crippen LogP contribution is 2.31. The van der Waals surface area contributed by atoms with Gasteiger partial charge in [0.25, 0.3) is 5.91 Å². The van der Waals surface area contributed by atoms with Gasteiger partial charge in [-0.1, -0.05) is 6.07 Å². The van der Waals surface area contributed by atoms with Crippen molar-refractivity contribution in [2.24, 2.45) is 5.10 Å². The number of hydrogen-bond donors (Lipinski definition) is 2. The Hall–Kier alpha value is -3.35. The van der Waals surface area contributed by atoms with Crippen LogP contribution >= 0.6 is 0 Å². The maximum absolute atomic E-state index is 12.1. The monoisotopic (exact) mass is 325 g/mol. The Balaban J connectivity index is 1.64. The van der Waals surface area contributed by atoms with Gasteiger partial charge >= 0.3 is 0 Å². The quantitative estimate of drug-likeness (QED) is 0.666. The Bertz CT molecular complexity index is 817. The Morgan fingerprint density at radius 1 is 1.12 bits per heavy atom. The van der Waals surface area contributed by atoms with E-state index in [0.717, 1.165) is 5.56 Å². The first-order valence-electron chi connectivity index (χ1n) is 7.22. The summed E-state index contributed by atoms with van der Waals surface area (Å²) in [6, 6.07) is 12.0. The van der Waals surface area contributed by atoms with E-state index in [1.54, 1.807) is 42.5 Å². The molecule has 1 aliphatic heterocycles. The number of carbonyl (C=O) groups is 2. The minimum Gasteiger partial charge on any atom is -0.454 e. The van der Waals surface area contributed by atoms with E-state index >= 15 is 0 Å². The predicted molar refractivity (Wildman–Crippen MR) is 88.4 cm³/mol. The van der Waals surface area contributed by atoms with E-state index in [4.69, 9.17) is 9.47 Å². The summed E-state index contributed by atoms with van der Waals surface area (Å²) in [5.74, 6) is 0.756. The van der Waals surface area contributed by atoms with Gasteiger partial charge in [-0.25, -0.2) is 5.43 Å². The van der Waals surface area contributed by atoms with Gasteiger partial charge in [-0.3, -0.25) is 9.59 Å². The molecule has 1 heterocycles. The summed E-state index contributed by atoms with van der Waals surface area (Å²) in [5.41, 5.74) is 4.15. The van der Waals surface area contributed by atoms with Gasteiger partial charge in [0, 0.05) is 18.2 Å². The summed E-state index contributed by atoms with van der Waals surface area (Å²) >= 11 is 0. The highest BCUT2D eigenvalue weighted by atomic mass is 16.7. The minimum atomic E-state index is -0.376. The summed E-state index contributed by atoms with van der Waals surface area (Å²) in [6.07, 6.45) is 1.51. The van der Waals surface area contributed by atoms with E-state index in [1.165, 1.54) is 13.1 Å². The Kier molecular flexibility index (Phi) is 4.42. The van der Waals surface area contributed by atoms with Crippen LogP contribution in [0.4, 0.5) is 5.69 Å². The smallest absolute Gasteiger partial charge is 0.271 e. The third kappa shape index (κ3) is 3.70. The number of carbonyl (C=O) groups excluding carboxylic acids is 2. The molecule has 0 spiro atoms. The standard InChI is InChI=1S/C17H15N3O4/c1-11(21)19-14-4-2-3-13(8-14)17(22)20-18-9-12-5-6-15-16(7-12)24-10-23-15/h2-9H,10H2,1H3,(H,19,21)(H,20,22). The van der Waals surface area contributed by atoms with E-state index in [2.05, 4.69) is 15.8 Å². The van der Waals surface area contributed by atoms with Crippen LogP contribution in [0.2, 0.25) is 0 Å². The van der Waals surface area contributed by atoms with Crippen molar-refractivity contribution in [2.45, 2.75) is 6.92 Å². The summed E-state index contributed by atoms with van der Waals surface area (Å²) in [5, 5.41) is 6.55. The highest BCUT2D eigenvalue weighted by molar-refractivity contribution is 5.97. The lowest BCUT2D eigenvalue weighted by Gasteiger charge is -2.04. The fraction of sp³-hybridized carbons (Fsp3) is 0.118. The largest absolute Gasteiger partial charge is 0.454 e. The molecule has 122 valence electrons. The van der Waals surface area contributed by atoms with Gasteiger partial charge in [0.1, 0.15) is 0 Å². The topological polar surface area (TPSA) is 89.0 Å². The SMILES string of the molecule is CC(=O)Nc1cccc(C(=O)NN=Cc2ccc3c(c2)OCO3)c1. The van der Waals surface area contributed by atoms with Crippen LogP contribution in [0, 0.1) is 0 Å². The molecule has 2 amide bonds. The highest BCUT2D eigenvalue weighted by Gasteiger charge is 2.12. The van der Waals surface area contributed by atoms with Gasteiger partial charge in [0.15, 0.2) is 11.5 Å². The number of fused-ring (bicyclic) bond motifs is 1. The third-order valence-corrected chi connectivity index (χ3v) is 3.22. The second-order valence-corrected chi connectivity index (χ2v) is 5.07. The third-order valence-electron chi connectivity index (χ3n) is 3.22. The van der Waals surface area contributed by atoms with Crippen molar-refractivity contribution in [3.8, 4) is 11.5 Å². The van der Waals surface area contributed by atoms with E-state index in [-0.39, 0.29) is 18.6 Å². The zero-order chi connectivity index (χ0) is 16.9. The molecule has 0 fully saturated rings. The number of nitrogens with zero attached hydrogens (tertiary/aromatic N) is 1. The average Bonchev–Trinajstić information content (AvgIpc) is 3.02. The number of rotatable bonds is 4. The van der Waals surface area contributed by atoms with E-state index in [1.807, 2.05) is 0 Å². The number of hydrazone groups is 1. The summed E-state index contributed by atoms with van der Waals surface area (Å²) < 4.78 is 10.5. The van der Waals surface area contributed by atoms with Gasteiger partial charge < -0.3 is 14.8 Å². The average molecular weight is 325 g/mol. The van der Waals surface area contributed by atoms with E-state index in [0.29, 0.717) is 22.7 Å². The Labute approximate surface area is 138 Å². The molecule has 2 aromatic carbocycles. The molecular formula is C17H15N3O4. The van der Waals surface area contributed by atoms with Crippen LogP contribution in [-0.2, 0) is 4.79 Å². The van der Waals surface area contributed by atoms with Gasteiger partial charge in [-0.2, -0.15) is 5.10 Å². The van der Waals surface area contributed by atoms with Crippen molar-refractivity contribution in [1.82, 2.24) is 5.43 Å². The minimum absolute atomic E-state index is 0.201. The van der Waals surface area contributed by atoms with Crippen molar-refractivity contribution < 1.29 is 19.1 Å².